The molecule has 1 heterocycles. The average molecular weight is 339 g/mol. The number of halogens is 1. The van der Waals surface area contributed by atoms with Crippen molar-refractivity contribution in [2.75, 3.05) is 24.5 Å². The monoisotopic (exact) mass is 338 g/mol. The minimum Gasteiger partial charge on any atom is -0.371 e. The van der Waals surface area contributed by atoms with Gasteiger partial charge in [0, 0.05) is 29.8 Å². The summed E-state index contributed by atoms with van der Waals surface area (Å²) in [5.41, 5.74) is 2.85. The van der Waals surface area contributed by atoms with Crippen LogP contribution in [0.1, 0.15) is 45.1 Å². The first-order chi connectivity index (χ1) is 9.74. The van der Waals surface area contributed by atoms with E-state index in [4.69, 9.17) is 0 Å². The molecular weight excluding hydrogens is 312 g/mol. The molecule has 1 aromatic carbocycles. The molecule has 1 aliphatic rings. The van der Waals surface area contributed by atoms with Crippen LogP contribution in [0, 0.1) is 5.92 Å². The van der Waals surface area contributed by atoms with Crippen molar-refractivity contribution < 1.29 is 0 Å². The molecule has 1 aliphatic heterocycles. The molecule has 1 atom stereocenters. The summed E-state index contributed by atoms with van der Waals surface area (Å²) < 4.78 is 1.18. The van der Waals surface area contributed by atoms with Crippen molar-refractivity contribution >= 4 is 21.6 Å². The molecule has 20 heavy (non-hydrogen) atoms. The first-order valence-electron chi connectivity index (χ1n) is 7.98. The van der Waals surface area contributed by atoms with Gasteiger partial charge in [-0.15, -0.1) is 0 Å². The Balaban J connectivity index is 2.12. The lowest BCUT2D eigenvalue weighted by Gasteiger charge is -2.35. The Kier molecular flexibility index (Phi) is 6.37. The molecule has 0 spiro atoms. The van der Waals surface area contributed by atoms with Crippen LogP contribution in [-0.2, 0) is 6.54 Å². The Bertz CT molecular complexity index is 419. The molecule has 2 rings (SSSR count). The molecule has 1 fully saturated rings. The van der Waals surface area contributed by atoms with Crippen molar-refractivity contribution in [2.24, 2.45) is 5.92 Å². The minimum absolute atomic E-state index is 0.865. The van der Waals surface area contributed by atoms with Crippen molar-refractivity contribution in [1.82, 2.24) is 5.32 Å². The molecule has 112 valence electrons. The number of anilines is 1. The van der Waals surface area contributed by atoms with E-state index in [1.165, 1.54) is 54.5 Å². The van der Waals surface area contributed by atoms with Crippen molar-refractivity contribution in [2.45, 2.75) is 46.1 Å². The second kappa shape index (κ2) is 8.04. The molecule has 1 N–H and O–H groups in total. The van der Waals surface area contributed by atoms with E-state index in [9.17, 15) is 0 Å². The lowest BCUT2D eigenvalue weighted by atomic mass is 9.94. The fraction of sp³-hybridized carbons (Fsp3) is 0.647. The summed E-state index contributed by atoms with van der Waals surface area (Å²) in [7, 11) is 0. The van der Waals surface area contributed by atoms with E-state index in [1.807, 2.05) is 0 Å². The van der Waals surface area contributed by atoms with Crippen LogP contribution < -0.4 is 10.2 Å². The fourth-order valence-electron chi connectivity index (χ4n) is 3.02. The maximum Gasteiger partial charge on any atom is 0.0412 e. The number of piperidine rings is 1. The van der Waals surface area contributed by atoms with Crippen LogP contribution in [0.4, 0.5) is 5.69 Å². The highest BCUT2D eigenvalue weighted by molar-refractivity contribution is 9.10. The predicted molar refractivity (Wildman–Crippen MR) is 91.4 cm³/mol. The van der Waals surface area contributed by atoms with Gasteiger partial charge in [0.05, 0.1) is 0 Å². The molecule has 1 unspecified atom stereocenters. The van der Waals surface area contributed by atoms with Gasteiger partial charge in [0.25, 0.3) is 0 Å². The van der Waals surface area contributed by atoms with E-state index in [0.717, 1.165) is 19.0 Å². The normalized spacial score (nSPS) is 19.4. The average Bonchev–Trinajstić information content (AvgIpc) is 2.48. The van der Waals surface area contributed by atoms with Crippen LogP contribution >= 0.6 is 15.9 Å². The molecule has 0 bridgehead atoms. The molecule has 0 amide bonds. The van der Waals surface area contributed by atoms with Crippen LogP contribution in [0.25, 0.3) is 0 Å². The molecule has 0 saturated carbocycles. The van der Waals surface area contributed by atoms with Gasteiger partial charge in [-0.3, -0.25) is 0 Å². The Morgan fingerprint density at radius 1 is 1.35 bits per heavy atom. The standard InChI is InChI=1S/C17H27BrN2/c1-3-9-19-12-15-11-16(18)7-8-17(15)20-10-5-6-14(4-2)13-20/h7-8,11,14,19H,3-6,9-10,12-13H2,1-2H3. The Morgan fingerprint density at radius 3 is 2.95 bits per heavy atom. The van der Waals surface area contributed by atoms with E-state index in [2.05, 4.69) is 58.2 Å². The maximum atomic E-state index is 3.61. The predicted octanol–water partition coefficient (Wildman–Crippen LogP) is 4.58. The topological polar surface area (TPSA) is 15.3 Å². The fourth-order valence-corrected chi connectivity index (χ4v) is 3.43. The number of benzene rings is 1. The van der Waals surface area contributed by atoms with Crippen LogP contribution in [-0.4, -0.2) is 19.6 Å². The molecule has 1 aromatic rings. The lowest BCUT2D eigenvalue weighted by molar-refractivity contribution is 0.404. The summed E-state index contributed by atoms with van der Waals surface area (Å²) in [5.74, 6) is 0.865. The number of rotatable bonds is 6. The van der Waals surface area contributed by atoms with Crippen LogP contribution in [0.15, 0.2) is 22.7 Å². The molecule has 1 saturated heterocycles. The zero-order chi connectivity index (χ0) is 14.4. The van der Waals surface area contributed by atoms with E-state index in [-0.39, 0.29) is 0 Å². The molecule has 0 aliphatic carbocycles. The van der Waals surface area contributed by atoms with Crippen LogP contribution in [0.5, 0.6) is 0 Å². The third kappa shape index (κ3) is 4.23. The van der Waals surface area contributed by atoms with Crippen molar-refractivity contribution in [3.05, 3.63) is 28.2 Å². The van der Waals surface area contributed by atoms with E-state index in [0.29, 0.717) is 0 Å². The van der Waals surface area contributed by atoms with Gasteiger partial charge in [-0.25, -0.2) is 0 Å². The highest BCUT2D eigenvalue weighted by atomic mass is 79.9. The van der Waals surface area contributed by atoms with Crippen molar-refractivity contribution in [3.63, 3.8) is 0 Å². The van der Waals surface area contributed by atoms with E-state index >= 15 is 0 Å². The van der Waals surface area contributed by atoms with Gasteiger partial charge in [-0.05, 0) is 55.5 Å². The summed E-state index contributed by atoms with van der Waals surface area (Å²) in [6, 6.07) is 6.73. The maximum absolute atomic E-state index is 3.61. The zero-order valence-electron chi connectivity index (χ0n) is 12.8. The van der Waals surface area contributed by atoms with Gasteiger partial charge in [-0.1, -0.05) is 36.2 Å². The second-order valence-electron chi connectivity index (χ2n) is 5.81. The zero-order valence-corrected chi connectivity index (χ0v) is 14.4. The summed E-state index contributed by atoms with van der Waals surface area (Å²) in [4.78, 5) is 2.59. The summed E-state index contributed by atoms with van der Waals surface area (Å²) in [5, 5.41) is 3.54. The van der Waals surface area contributed by atoms with E-state index in [1.54, 1.807) is 0 Å². The van der Waals surface area contributed by atoms with Gasteiger partial charge in [0.15, 0.2) is 0 Å². The van der Waals surface area contributed by atoms with Gasteiger partial charge in [0.1, 0.15) is 0 Å². The molecule has 0 aromatic heterocycles. The molecule has 3 heteroatoms. The van der Waals surface area contributed by atoms with Gasteiger partial charge in [-0.2, -0.15) is 0 Å². The van der Waals surface area contributed by atoms with Gasteiger partial charge < -0.3 is 10.2 Å². The third-order valence-corrected chi connectivity index (χ3v) is 4.71. The second-order valence-corrected chi connectivity index (χ2v) is 6.73. The number of hydrogen-bond acceptors (Lipinski definition) is 2. The Morgan fingerprint density at radius 2 is 2.20 bits per heavy atom. The van der Waals surface area contributed by atoms with Crippen molar-refractivity contribution in [3.8, 4) is 0 Å². The largest absolute Gasteiger partial charge is 0.371 e. The quantitative estimate of drug-likeness (QED) is 0.764. The van der Waals surface area contributed by atoms with Gasteiger partial charge >= 0.3 is 0 Å². The summed E-state index contributed by atoms with van der Waals surface area (Å²) >= 11 is 3.61. The smallest absolute Gasteiger partial charge is 0.0412 e. The van der Waals surface area contributed by atoms with Gasteiger partial charge in [0.2, 0.25) is 0 Å². The molecule has 0 radical (unpaired) electrons. The first-order valence-corrected chi connectivity index (χ1v) is 8.78. The molecular formula is C17H27BrN2. The van der Waals surface area contributed by atoms with Crippen LogP contribution in [0.2, 0.25) is 0 Å². The number of nitrogens with one attached hydrogen (secondary N) is 1. The molecule has 2 nitrogen and oxygen atoms in total. The van der Waals surface area contributed by atoms with Crippen molar-refractivity contribution in [1.29, 1.82) is 0 Å². The van der Waals surface area contributed by atoms with E-state index < -0.39 is 0 Å². The first kappa shape index (κ1) is 15.8. The Labute approximate surface area is 132 Å². The highest BCUT2D eigenvalue weighted by Crippen LogP contribution is 2.29. The number of hydrogen-bond donors (Lipinski definition) is 1. The summed E-state index contributed by atoms with van der Waals surface area (Å²) in [6.07, 6.45) is 5.21. The lowest BCUT2D eigenvalue weighted by Crippen LogP contribution is -2.36. The number of nitrogens with zero attached hydrogens (tertiary/aromatic N) is 1. The Hall–Kier alpha value is -0.540. The SMILES string of the molecule is CCCNCc1cc(Br)ccc1N1CCCC(CC)C1. The summed E-state index contributed by atoms with van der Waals surface area (Å²) in [6.45, 7) is 9.02. The third-order valence-electron chi connectivity index (χ3n) is 4.22. The highest BCUT2D eigenvalue weighted by Gasteiger charge is 2.20. The minimum atomic E-state index is 0.865. The van der Waals surface area contributed by atoms with Crippen LogP contribution in [0.3, 0.4) is 0 Å².